The Bertz CT molecular complexity index is 641. The van der Waals surface area contributed by atoms with Crippen LogP contribution in [0.2, 0.25) is 0 Å². The molecule has 8 nitrogen and oxygen atoms in total. The fourth-order valence-electron chi connectivity index (χ4n) is 6.41. The van der Waals surface area contributed by atoms with E-state index in [0.29, 0.717) is 37.8 Å². The average Bonchev–Trinajstić information content (AvgIpc) is 3.31. The molecule has 0 aromatic heterocycles. The Morgan fingerprint density at radius 3 is 2.41 bits per heavy atom. The van der Waals surface area contributed by atoms with Gasteiger partial charge in [0.2, 0.25) is 0 Å². The van der Waals surface area contributed by atoms with Gasteiger partial charge in [0.25, 0.3) is 0 Å². The van der Waals surface area contributed by atoms with Crippen LogP contribution in [0.5, 0.6) is 0 Å². The molecular formula is C21H34N4O4. The molecule has 0 aromatic rings. The summed E-state index contributed by atoms with van der Waals surface area (Å²) in [5.74, 6) is 0.611. The summed E-state index contributed by atoms with van der Waals surface area (Å²) in [6.45, 7) is 5.86. The van der Waals surface area contributed by atoms with Crippen LogP contribution >= 0.6 is 0 Å². The molecule has 1 atom stereocenters. The minimum absolute atomic E-state index is 0.105. The number of piperidine rings is 1. The third kappa shape index (κ3) is 3.69. The monoisotopic (exact) mass is 406 g/mol. The number of carbonyl (C=O) groups excluding carboxylic acids is 1. The van der Waals surface area contributed by atoms with E-state index in [1.165, 1.54) is 12.8 Å². The Labute approximate surface area is 172 Å². The molecule has 0 unspecified atom stereocenters. The predicted octanol–water partition coefficient (Wildman–Crippen LogP) is 1.80. The molecule has 4 saturated heterocycles. The molecule has 1 saturated carbocycles. The fraction of sp³-hybridized carbons (Fsp3) is 0.905. The van der Waals surface area contributed by atoms with Crippen LogP contribution in [-0.2, 0) is 4.74 Å². The number of ether oxygens (including phenoxy) is 1. The van der Waals surface area contributed by atoms with Gasteiger partial charge in [-0.15, -0.1) is 0 Å². The lowest BCUT2D eigenvalue weighted by molar-refractivity contribution is -0.0154. The van der Waals surface area contributed by atoms with E-state index in [-0.39, 0.29) is 17.5 Å². The number of urea groups is 1. The first-order valence-corrected chi connectivity index (χ1v) is 11.4. The Morgan fingerprint density at radius 2 is 1.79 bits per heavy atom. The summed E-state index contributed by atoms with van der Waals surface area (Å²) in [6, 6.07) is 1.33. The number of amides is 3. The number of carboxylic acid groups (broad SMARTS) is 1. The standard InChI is InChI=1S/C21H34N4O4/c26-19(22-16-12-29-13-16)25-6-1-2-18(25)15-3-7-23(8-4-15)17-10-21(11-17)5-9-24(14-21)20(27)28/h15-18H,1-14H2,(H,22,26)(H,27,28)/t17?,18-,21?/m0/s1. The third-order valence-corrected chi connectivity index (χ3v) is 8.21. The zero-order valence-corrected chi connectivity index (χ0v) is 17.2. The fourth-order valence-corrected chi connectivity index (χ4v) is 6.41. The molecule has 1 spiro atoms. The molecule has 29 heavy (non-hydrogen) atoms. The van der Waals surface area contributed by atoms with Crippen LogP contribution in [0.25, 0.3) is 0 Å². The number of likely N-dealkylation sites (tertiary alicyclic amines) is 3. The van der Waals surface area contributed by atoms with Gasteiger partial charge in [0.15, 0.2) is 0 Å². The number of nitrogens with one attached hydrogen (secondary N) is 1. The van der Waals surface area contributed by atoms with Crippen LogP contribution in [0.4, 0.5) is 9.59 Å². The van der Waals surface area contributed by atoms with Crippen LogP contribution in [0.15, 0.2) is 0 Å². The van der Waals surface area contributed by atoms with E-state index < -0.39 is 6.09 Å². The number of carbonyl (C=O) groups is 2. The highest BCUT2D eigenvalue weighted by atomic mass is 16.5. The van der Waals surface area contributed by atoms with Crippen molar-refractivity contribution >= 4 is 12.1 Å². The number of hydrogen-bond donors (Lipinski definition) is 2. The van der Waals surface area contributed by atoms with Crippen LogP contribution in [0.3, 0.4) is 0 Å². The molecule has 5 aliphatic rings. The lowest BCUT2D eigenvalue weighted by Gasteiger charge is -2.52. The van der Waals surface area contributed by atoms with E-state index >= 15 is 0 Å². The van der Waals surface area contributed by atoms with Gasteiger partial charge in [-0.05, 0) is 69.4 Å². The van der Waals surface area contributed by atoms with E-state index in [0.717, 1.165) is 58.3 Å². The maximum Gasteiger partial charge on any atom is 0.407 e. The zero-order chi connectivity index (χ0) is 20.0. The minimum atomic E-state index is -0.763. The lowest BCUT2D eigenvalue weighted by Crippen LogP contribution is -2.57. The molecule has 5 fully saturated rings. The maximum atomic E-state index is 12.7. The van der Waals surface area contributed by atoms with E-state index in [1.807, 2.05) is 0 Å². The molecule has 2 N–H and O–H groups in total. The first kappa shape index (κ1) is 19.4. The summed E-state index contributed by atoms with van der Waals surface area (Å²) in [5.41, 5.74) is 0.255. The van der Waals surface area contributed by atoms with Crippen molar-refractivity contribution in [2.45, 2.75) is 63.1 Å². The van der Waals surface area contributed by atoms with Crippen LogP contribution < -0.4 is 5.32 Å². The second-order valence-corrected chi connectivity index (χ2v) is 9.98. The van der Waals surface area contributed by atoms with E-state index in [1.54, 1.807) is 4.90 Å². The molecule has 8 heteroatoms. The molecule has 4 aliphatic heterocycles. The van der Waals surface area contributed by atoms with Crippen molar-refractivity contribution in [1.82, 2.24) is 20.0 Å². The lowest BCUT2D eigenvalue weighted by atomic mass is 9.64. The van der Waals surface area contributed by atoms with Crippen molar-refractivity contribution < 1.29 is 19.4 Å². The van der Waals surface area contributed by atoms with Gasteiger partial charge in [0.1, 0.15) is 0 Å². The van der Waals surface area contributed by atoms with Crippen LogP contribution in [-0.4, -0.2) is 96.0 Å². The highest BCUT2D eigenvalue weighted by molar-refractivity contribution is 5.75. The first-order chi connectivity index (χ1) is 14.0. The van der Waals surface area contributed by atoms with Gasteiger partial charge in [-0.2, -0.15) is 0 Å². The third-order valence-electron chi connectivity index (χ3n) is 8.21. The molecule has 162 valence electrons. The molecule has 1 aliphatic carbocycles. The summed E-state index contributed by atoms with van der Waals surface area (Å²) < 4.78 is 5.17. The van der Waals surface area contributed by atoms with Crippen LogP contribution in [0.1, 0.15) is 44.9 Å². The smallest absolute Gasteiger partial charge is 0.407 e. The number of hydrogen-bond acceptors (Lipinski definition) is 4. The average molecular weight is 407 g/mol. The van der Waals surface area contributed by atoms with Crippen LogP contribution in [0, 0.1) is 11.3 Å². The summed E-state index contributed by atoms with van der Waals surface area (Å²) in [6.07, 6.45) is 7.18. The minimum Gasteiger partial charge on any atom is -0.465 e. The van der Waals surface area contributed by atoms with Gasteiger partial charge >= 0.3 is 12.1 Å². The van der Waals surface area contributed by atoms with E-state index in [2.05, 4.69) is 15.1 Å². The highest BCUT2D eigenvalue weighted by Gasteiger charge is 2.51. The first-order valence-electron chi connectivity index (χ1n) is 11.4. The molecule has 5 rings (SSSR count). The van der Waals surface area contributed by atoms with E-state index in [9.17, 15) is 14.7 Å². The number of nitrogens with zero attached hydrogens (tertiary/aromatic N) is 3. The van der Waals surface area contributed by atoms with Crippen molar-refractivity contribution in [2.24, 2.45) is 11.3 Å². The van der Waals surface area contributed by atoms with Crippen molar-refractivity contribution in [3.63, 3.8) is 0 Å². The van der Waals surface area contributed by atoms with Crippen molar-refractivity contribution in [3.8, 4) is 0 Å². The maximum absolute atomic E-state index is 12.7. The summed E-state index contributed by atoms with van der Waals surface area (Å²) in [7, 11) is 0. The second-order valence-electron chi connectivity index (χ2n) is 9.98. The zero-order valence-electron chi connectivity index (χ0n) is 17.2. The second kappa shape index (κ2) is 7.61. The van der Waals surface area contributed by atoms with E-state index in [4.69, 9.17) is 4.74 Å². The SMILES string of the molecule is O=C(O)N1CCC2(CC(N3CCC([C@@H]4CCCN4C(=O)NC4COC4)CC3)C2)C1. The molecule has 0 bridgehead atoms. The van der Waals surface area contributed by atoms with Crippen molar-refractivity contribution in [3.05, 3.63) is 0 Å². The van der Waals surface area contributed by atoms with Crippen molar-refractivity contribution in [2.75, 3.05) is 45.9 Å². The quantitative estimate of drug-likeness (QED) is 0.747. The topological polar surface area (TPSA) is 85.4 Å². The molecule has 0 radical (unpaired) electrons. The highest BCUT2D eigenvalue weighted by Crippen LogP contribution is 2.50. The van der Waals surface area contributed by atoms with Gasteiger partial charge in [-0.3, -0.25) is 0 Å². The van der Waals surface area contributed by atoms with Gasteiger partial charge in [0, 0.05) is 31.7 Å². The van der Waals surface area contributed by atoms with Gasteiger partial charge in [0.05, 0.1) is 19.3 Å². The normalized spacial score (nSPS) is 36.3. The summed E-state index contributed by atoms with van der Waals surface area (Å²) in [4.78, 5) is 30.2. The summed E-state index contributed by atoms with van der Waals surface area (Å²) in [5, 5.41) is 12.3. The van der Waals surface area contributed by atoms with Gasteiger partial charge in [-0.25, -0.2) is 9.59 Å². The van der Waals surface area contributed by atoms with Gasteiger partial charge in [-0.1, -0.05) is 0 Å². The Kier molecular flexibility index (Phi) is 5.10. The molecule has 0 aromatic carbocycles. The number of rotatable bonds is 3. The molecular weight excluding hydrogens is 372 g/mol. The molecule has 3 amide bonds. The predicted molar refractivity (Wildman–Crippen MR) is 107 cm³/mol. The Balaban J connectivity index is 1.09. The Morgan fingerprint density at radius 1 is 1.03 bits per heavy atom. The van der Waals surface area contributed by atoms with Gasteiger partial charge < -0.3 is 29.9 Å². The largest absolute Gasteiger partial charge is 0.465 e. The molecule has 4 heterocycles. The van der Waals surface area contributed by atoms with Crippen molar-refractivity contribution in [1.29, 1.82) is 0 Å². The summed E-state index contributed by atoms with van der Waals surface area (Å²) >= 11 is 0. The Hall–Kier alpha value is -1.54.